The maximum absolute atomic E-state index is 12.6. The van der Waals surface area contributed by atoms with Crippen LogP contribution in [0.5, 0.6) is 17.2 Å². The molecule has 0 fully saturated rings. The van der Waals surface area contributed by atoms with Crippen molar-refractivity contribution in [2.45, 2.75) is 78.1 Å². The number of hydrogen-bond donors (Lipinski definition) is 0. The lowest BCUT2D eigenvalue weighted by molar-refractivity contribution is 0.0734. The molecule has 0 aliphatic heterocycles. The Labute approximate surface area is 241 Å². The van der Waals surface area contributed by atoms with Gasteiger partial charge in [-0.1, -0.05) is 82.7 Å². The van der Waals surface area contributed by atoms with Crippen LogP contribution in [-0.2, 0) is 0 Å². The Morgan fingerprint density at radius 1 is 0.700 bits per heavy atom. The van der Waals surface area contributed by atoms with E-state index in [1.807, 2.05) is 54.6 Å². The first-order valence-electron chi connectivity index (χ1n) is 15.0. The van der Waals surface area contributed by atoms with Gasteiger partial charge in [0.15, 0.2) is 0 Å². The van der Waals surface area contributed by atoms with E-state index in [2.05, 4.69) is 32.6 Å². The lowest BCUT2D eigenvalue weighted by atomic mass is 10.0. The Hall–Kier alpha value is -3.53. The average molecular weight is 543 g/mol. The highest BCUT2D eigenvalue weighted by Crippen LogP contribution is 2.25. The number of benzene rings is 3. The maximum atomic E-state index is 12.6. The average Bonchev–Trinajstić information content (AvgIpc) is 2.99. The van der Waals surface area contributed by atoms with Gasteiger partial charge in [0.25, 0.3) is 0 Å². The zero-order valence-electron chi connectivity index (χ0n) is 24.4. The van der Waals surface area contributed by atoms with E-state index >= 15 is 0 Å². The SMILES string of the molecule is C=CCCCCCCOc1ccc(-c2ccc(OC(=O)c3ccc(OCCCCC[C@@H](C)CC)cc3)cc2)cc1. The highest BCUT2D eigenvalue weighted by molar-refractivity contribution is 5.91. The number of rotatable bonds is 19. The van der Waals surface area contributed by atoms with Crippen LogP contribution in [0.15, 0.2) is 85.5 Å². The van der Waals surface area contributed by atoms with Gasteiger partial charge in [0.05, 0.1) is 18.8 Å². The largest absolute Gasteiger partial charge is 0.494 e. The molecule has 0 saturated carbocycles. The third-order valence-electron chi connectivity index (χ3n) is 7.22. The third kappa shape index (κ3) is 11.3. The summed E-state index contributed by atoms with van der Waals surface area (Å²) in [4.78, 5) is 12.6. The van der Waals surface area contributed by atoms with Crippen molar-refractivity contribution in [1.29, 1.82) is 0 Å². The van der Waals surface area contributed by atoms with Crippen LogP contribution < -0.4 is 14.2 Å². The van der Waals surface area contributed by atoms with Gasteiger partial charge in [0, 0.05) is 0 Å². The van der Waals surface area contributed by atoms with Crippen molar-refractivity contribution >= 4 is 5.97 Å². The Kier molecular flexibility index (Phi) is 13.9. The van der Waals surface area contributed by atoms with E-state index in [1.54, 1.807) is 12.1 Å². The Morgan fingerprint density at radius 3 is 1.75 bits per heavy atom. The lowest BCUT2D eigenvalue weighted by Crippen LogP contribution is -2.08. The second-order valence-corrected chi connectivity index (χ2v) is 10.5. The molecule has 40 heavy (non-hydrogen) atoms. The maximum Gasteiger partial charge on any atom is 0.343 e. The van der Waals surface area contributed by atoms with E-state index in [-0.39, 0.29) is 5.97 Å². The Bertz CT molecular complexity index is 1120. The van der Waals surface area contributed by atoms with Gasteiger partial charge in [-0.15, -0.1) is 6.58 Å². The normalized spacial score (nSPS) is 11.6. The van der Waals surface area contributed by atoms with E-state index < -0.39 is 0 Å². The van der Waals surface area contributed by atoms with E-state index in [9.17, 15) is 4.79 Å². The van der Waals surface area contributed by atoms with Crippen molar-refractivity contribution in [3.05, 3.63) is 91.0 Å². The van der Waals surface area contributed by atoms with Crippen molar-refractivity contribution in [1.82, 2.24) is 0 Å². The fourth-order valence-corrected chi connectivity index (χ4v) is 4.41. The highest BCUT2D eigenvalue weighted by Gasteiger charge is 2.10. The summed E-state index contributed by atoms with van der Waals surface area (Å²) in [7, 11) is 0. The van der Waals surface area contributed by atoms with Gasteiger partial charge in [0.2, 0.25) is 0 Å². The summed E-state index contributed by atoms with van der Waals surface area (Å²) in [5.41, 5.74) is 2.63. The second-order valence-electron chi connectivity index (χ2n) is 10.5. The zero-order valence-corrected chi connectivity index (χ0v) is 24.4. The number of esters is 1. The van der Waals surface area contributed by atoms with Crippen molar-refractivity contribution in [3.8, 4) is 28.4 Å². The molecular formula is C36H46O4. The predicted molar refractivity (Wildman–Crippen MR) is 165 cm³/mol. The van der Waals surface area contributed by atoms with Gasteiger partial charge < -0.3 is 14.2 Å². The van der Waals surface area contributed by atoms with Crippen LogP contribution in [0.3, 0.4) is 0 Å². The van der Waals surface area contributed by atoms with Crippen LogP contribution in [0.4, 0.5) is 0 Å². The van der Waals surface area contributed by atoms with E-state index in [0.29, 0.717) is 17.9 Å². The van der Waals surface area contributed by atoms with Gasteiger partial charge in [0.1, 0.15) is 17.2 Å². The van der Waals surface area contributed by atoms with Gasteiger partial charge in [-0.05, 0) is 91.3 Å². The number of unbranched alkanes of at least 4 members (excludes halogenated alkanes) is 6. The molecule has 0 bridgehead atoms. The molecule has 0 heterocycles. The quantitative estimate of drug-likeness (QED) is 0.0654. The van der Waals surface area contributed by atoms with Crippen LogP contribution in [0.2, 0.25) is 0 Å². The summed E-state index contributed by atoms with van der Waals surface area (Å²) in [6.07, 6.45) is 13.8. The van der Waals surface area contributed by atoms with Crippen molar-refractivity contribution in [3.63, 3.8) is 0 Å². The number of carbonyl (C=O) groups is 1. The topological polar surface area (TPSA) is 44.8 Å². The highest BCUT2D eigenvalue weighted by atomic mass is 16.5. The van der Waals surface area contributed by atoms with Crippen LogP contribution >= 0.6 is 0 Å². The van der Waals surface area contributed by atoms with Crippen LogP contribution in [-0.4, -0.2) is 19.2 Å². The summed E-state index contributed by atoms with van der Waals surface area (Å²) in [5, 5.41) is 0. The van der Waals surface area contributed by atoms with Crippen molar-refractivity contribution < 1.29 is 19.0 Å². The molecule has 0 saturated heterocycles. The molecular weight excluding hydrogens is 496 g/mol. The summed E-state index contributed by atoms with van der Waals surface area (Å²) >= 11 is 0. The van der Waals surface area contributed by atoms with Crippen molar-refractivity contribution in [2.75, 3.05) is 13.2 Å². The van der Waals surface area contributed by atoms with Crippen LogP contribution in [0.1, 0.15) is 88.4 Å². The molecule has 3 rings (SSSR count). The molecule has 0 unspecified atom stereocenters. The molecule has 0 radical (unpaired) electrons. The van der Waals surface area contributed by atoms with Gasteiger partial charge >= 0.3 is 5.97 Å². The first-order valence-corrected chi connectivity index (χ1v) is 15.0. The summed E-state index contributed by atoms with van der Waals surface area (Å²) in [6, 6.07) is 22.8. The molecule has 0 N–H and O–H groups in total. The monoisotopic (exact) mass is 542 g/mol. The van der Waals surface area contributed by atoms with Crippen molar-refractivity contribution in [2.24, 2.45) is 5.92 Å². The second kappa shape index (κ2) is 17.9. The molecule has 0 aliphatic rings. The van der Waals surface area contributed by atoms with E-state index in [0.717, 1.165) is 54.4 Å². The van der Waals surface area contributed by atoms with Gasteiger partial charge in [-0.3, -0.25) is 0 Å². The third-order valence-corrected chi connectivity index (χ3v) is 7.22. The van der Waals surface area contributed by atoms with E-state index in [4.69, 9.17) is 14.2 Å². The molecule has 0 aliphatic carbocycles. The molecule has 1 atom stereocenters. The zero-order chi connectivity index (χ0) is 28.4. The number of ether oxygens (including phenoxy) is 3. The molecule has 4 nitrogen and oxygen atoms in total. The Morgan fingerprint density at radius 2 is 1.20 bits per heavy atom. The molecule has 0 amide bonds. The minimum atomic E-state index is -0.383. The van der Waals surface area contributed by atoms with Gasteiger partial charge in [-0.2, -0.15) is 0 Å². The predicted octanol–water partition coefficient (Wildman–Crippen LogP) is 10.1. The molecule has 214 valence electrons. The fraction of sp³-hybridized carbons (Fsp3) is 0.417. The standard InChI is InChI=1S/C36H46O4/c1-4-6-7-8-9-12-27-38-33-21-15-30(16-22-33)31-17-25-35(26-18-31)40-36(37)32-19-23-34(24-20-32)39-28-13-10-11-14-29(3)5-2/h4,15-26,29H,1,5-14,27-28H2,2-3H3/t29-/m0/s1. The summed E-state index contributed by atoms with van der Waals surface area (Å²) in [5.74, 6) is 2.60. The van der Waals surface area contributed by atoms with Gasteiger partial charge in [-0.25, -0.2) is 4.79 Å². The molecule has 0 aromatic heterocycles. The first kappa shape index (κ1) is 31.0. The lowest BCUT2D eigenvalue weighted by Gasteiger charge is -2.10. The fourth-order valence-electron chi connectivity index (χ4n) is 4.41. The molecule has 3 aromatic carbocycles. The number of carbonyl (C=O) groups excluding carboxylic acids is 1. The first-order chi connectivity index (χ1) is 19.6. The van der Waals surface area contributed by atoms with Crippen LogP contribution in [0, 0.1) is 5.92 Å². The van der Waals surface area contributed by atoms with E-state index in [1.165, 1.54) is 44.9 Å². The van der Waals surface area contributed by atoms with Crippen LogP contribution in [0.25, 0.3) is 11.1 Å². The minimum Gasteiger partial charge on any atom is -0.494 e. The molecule has 4 heteroatoms. The molecule has 0 spiro atoms. The Balaban J connectivity index is 1.39. The summed E-state index contributed by atoms with van der Waals surface area (Å²) in [6.45, 7) is 9.75. The number of hydrogen-bond acceptors (Lipinski definition) is 4. The number of allylic oxidation sites excluding steroid dienone is 1. The smallest absolute Gasteiger partial charge is 0.343 e. The molecule has 3 aromatic rings. The minimum absolute atomic E-state index is 0.383. The summed E-state index contributed by atoms with van der Waals surface area (Å²) < 4.78 is 17.3.